The second kappa shape index (κ2) is 5.31. The first-order chi connectivity index (χ1) is 7.83. The molecular formula is C12H21N3O2. The lowest BCUT2D eigenvalue weighted by atomic mass is 9.96. The van der Waals surface area contributed by atoms with Gasteiger partial charge in [-0.3, -0.25) is 9.48 Å². The van der Waals surface area contributed by atoms with Gasteiger partial charge < -0.3 is 10.8 Å². The molecule has 0 aliphatic carbocycles. The molecule has 0 aliphatic rings. The number of unbranched alkanes of at least 4 members (excludes halogenated alkanes) is 1. The van der Waals surface area contributed by atoms with Crippen molar-refractivity contribution in [2.45, 2.75) is 52.1 Å². The van der Waals surface area contributed by atoms with Crippen LogP contribution in [0.2, 0.25) is 0 Å². The van der Waals surface area contributed by atoms with Crippen LogP contribution in [0.3, 0.4) is 0 Å². The molecule has 5 heteroatoms. The Labute approximate surface area is 102 Å². The maximum atomic E-state index is 10.8. The van der Waals surface area contributed by atoms with Crippen LogP contribution in [-0.4, -0.2) is 26.4 Å². The number of nitrogens with zero attached hydrogens (tertiary/aromatic N) is 2. The SMILES string of the molecule is Cc1cc(C)n(CCCCC(C)(N)C(=O)O)n1. The zero-order chi connectivity index (χ0) is 13.1. The normalized spacial score (nSPS) is 14.6. The lowest BCUT2D eigenvalue weighted by Gasteiger charge is -2.18. The van der Waals surface area contributed by atoms with Crippen LogP contribution < -0.4 is 5.73 Å². The Balaban J connectivity index is 2.34. The number of hydrogen-bond acceptors (Lipinski definition) is 3. The van der Waals surface area contributed by atoms with Gasteiger partial charge in [0.2, 0.25) is 0 Å². The molecule has 0 spiro atoms. The number of hydrogen-bond donors (Lipinski definition) is 2. The summed E-state index contributed by atoms with van der Waals surface area (Å²) in [6.45, 7) is 6.35. The number of carbonyl (C=O) groups is 1. The summed E-state index contributed by atoms with van der Waals surface area (Å²) < 4.78 is 1.95. The lowest BCUT2D eigenvalue weighted by Crippen LogP contribution is -2.44. The number of aryl methyl sites for hydroxylation is 3. The first-order valence-corrected chi connectivity index (χ1v) is 5.86. The van der Waals surface area contributed by atoms with Crippen molar-refractivity contribution in [2.24, 2.45) is 5.73 Å². The van der Waals surface area contributed by atoms with Crippen molar-refractivity contribution < 1.29 is 9.90 Å². The number of carboxylic acids is 1. The molecule has 5 nitrogen and oxygen atoms in total. The third-order valence-corrected chi connectivity index (χ3v) is 2.91. The molecule has 1 unspecified atom stereocenters. The van der Waals surface area contributed by atoms with Crippen molar-refractivity contribution in [3.05, 3.63) is 17.5 Å². The Kier molecular flexibility index (Phi) is 4.28. The van der Waals surface area contributed by atoms with E-state index in [1.165, 1.54) is 0 Å². The maximum absolute atomic E-state index is 10.8. The smallest absolute Gasteiger partial charge is 0.323 e. The molecule has 0 fully saturated rings. The molecule has 0 aromatic carbocycles. The Hall–Kier alpha value is -1.36. The highest BCUT2D eigenvalue weighted by Crippen LogP contribution is 2.12. The van der Waals surface area contributed by atoms with Gasteiger partial charge in [0.25, 0.3) is 0 Å². The quantitative estimate of drug-likeness (QED) is 0.737. The van der Waals surface area contributed by atoms with E-state index in [-0.39, 0.29) is 0 Å². The van der Waals surface area contributed by atoms with Crippen molar-refractivity contribution >= 4 is 5.97 Å². The zero-order valence-electron chi connectivity index (χ0n) is 10.7. The van der Waals surface area contributed by atoms with E-state index in [1.807, 2.05) is 24.6 Å². The van der Waals surface area contributed by atoms with Crippen LogP contribution >= 0.6 is 0 Å². The van der Waals surface area contributed by atoms with Gasteiger partial charge in [-0.25, -0.2) is 0 Å². The largest absolute Gasteiger partial charge is 0.480 e. The van der Waals surface area contributed by atoms with Crippen LogP contribution in [0.25, 0.3) is 0 Å². The fraction of sp³-hybridized carbons (Fsp3) is 0.667. The number of carboxylic acid groups (broad SMARTS) is 1. The minimum atomic E-state index is -1.12. The molecule has 1 rings (SSSR count). The summed E-state index contributed by atoms with van der Waals surface area (Å²) in [7, 11) is 0. The molecule has 1 heterocycles. The summed E-state index contributed by atoms with van der Waals surface area (Å²) >= 11 is 0. The minimum absolute atomic E-state index is 0.488. The maximum Gasteiger partial charge on any atom is 0.323 e. The zero-order valence-corrected chi connectivity index (χ0v) is 10.7. The predicted octanol–water partition coefficient (Wildman–Crippen LogP) is 1.47. The number of aliphatic carboxylic acids is 1. The monoisotopic (exact) mass is 239 g/mol. The van der Waals surface area contributed by atoms with Crippen molar-refractivity contribution in [3.8, 4) is 0 Å². The molecule has 0 saturated carbocycles. The van der Waals surface area contributed by atoms with E-state index in [0.717, 1.165) is 30.8 Å². The highest BCUT2D eigenvalue weighted by Gasteiger charge is 2.26. The van der Waals surface area contributed by atoms with Crippen LogP contribution in [-0.2, 0) is 11.3 Å². The Morgan fingerprint density at radius 1 is 1.53 bits per heavy atom. The molecule has 0 saturated heterocycles. The van der Waals surface area contributed by atoms with E-state index in [0.29, 0.717) is 6.42 Å². The van der Waals surface area contributed by atoms with E-state index in [4.69, 9.17) is 10.8 Å². The summed E-state index contributed by atoms with van der Waals surface area (Å²) in [5.41, 5.74) is 6.68. The molecule has 1 aromatic heterocycles. The average Bonchev–Trinajstić information content (AvgIpc) is 2.52. The number of nitrogens with two attached hydrogens (primary N) is 1. The summed E-state index contributed by atoms with van der Waals surface area (Å²) in [4.78, 5) is 10.8. The highest BCUT2D eigenvalue weighted by atomic mass is 16.4. The molecular weight excluding hydrogens is 218 g/mol. The fourth-order valence-electron chi connectivity index (χ4n) is 1.76. The van der Waals surface area contributed by atoms with Crippen LogP contribution in [0.1, 0.15) is 37.6 Å². The molecule has 0 radical (unpaired) electrons. The van der Waals surface area contributed by atoms with Gasteiger partial charge >= 0.3 is 5.97 Å². The summed E-state index contributed by atoms with van der Waals surface area (Å²) in [6, 6.07) is 2.03. The van der Waals surface area contributed by atoms with E-state index >= 15 is 0 Å². The van der Waals surface area contributed by atoms with Gasteiger partial charge in [0.05, 0.1) is 5.69 Å². The molecule has 3 N–H and O–H groups in total. The van der Waals surface area contributed by atoms with Gasteiger partial charge in [0.15, 0.2) is 0 Å². The molecule has 0 bridgehead atoms. The van der Waals surface area contributed by atoms with Gasteiger partial charge in [-0.1, -0.05) is 0 Å². The van der Waals surface area contributed by atoms with E-state index in [2.05, 4.69) is 5.10 Å². The van der Waals surface area contributed by atoms with Crippen molar-refractivity contribution in [1.29, 1.82) is 0 Å². The number of aromatic nitrogens is 2. The molecule has 0 aliphatic heterocycles. The van der Waals surface area contributed by atoms with Crippen LogP contribution in [0, 0.1) is 13.8 Å². The third-order valence-electron chi connectivity index (χ3n) is 2.91. The summed E-state index contributed by atoms with van der Waals surface area (Å²) in [5.74, 6) is -0.941. The summed E-state index contributed by atoms with van der Waals surface area (Å²) in [6.07, 6.45) is 2.17. The minimum Gasteiger partial charge on any atom is -0.480 e. The summed E-state index contributed by atoms with van der Waals surface area (Å²) in [5, 5.41) is 13.2. The van der Waals surface area contributed by atoms with Gasteiger partial charge in [0.1, 0.15) is 5.54 Å². The van der Waals surface area contributed by atoms with E-state index < -0.39 is 11.5 Å². The standard InChI is InChI=1S/C12H21N3O2/c1-9-8-10(2)15(14-9)7-5-4-6-12(3,13)11(16)17/h8H,4-7,13H2,1-3H3,(H,16,17). The number of rotatable bonds is 6. The Morgan fingerprint density at radius 3 is 2.65 bits per heavy atom. The second-order valence-corrected chi connectivity index (χ2v) is 4.83. The Bertz CT molecular complexity index is 396. The van der Waals surface area contributed by atoms with Gasteiger partial charge in [-0.2, -0.15) is 5.10 Å². The van der Waals surface area contributed by atoms with Crippen molar-refractivity contribution in [3.63, 3.8) is 0 Å². The van der Waals surface area contributed by atoms with E-state index in [9.17, 15) is 4.79 Å². The van der Waals surface area contributed by atoms with Gasteiger partial charge in [-0.15, -0.1) is 0 Å². The highest BCUT2D eigenvalue weighted by molar-refractivity contribution is 5.77. The van der Waals surface area contributed by atoms with E-state index in [1.54, 1.807) is 6.92 Å². The van der Waals surface area contributed by atoms with Crippen molar-refractivity contribution in [1.82, 2.24) is 9.78 Å². The fourth-order valence-corrected chi connectivity index (χ4v) is 1.76. The topological polar surface area (TPSA) is 81.1 Å². The van der Waals surface area contributed by atoms with Gasteiger partial charge in [-0.05, 0) is 46.1 Å². The Morgan fingerprint density at radius 2 is 2.18 bits per heavy atom. The van der Waals surface area contributed by atoms with Crippen LogP contribution in [0.4, 0.5) is 0 Å². The third kappa shape index (κ3) is 3.85. The average molecular weight is 239 g/mol. The molecule has 1 atom stereocenters. The molecule has 96 valence electrons. The predicted molar refractivity (Wildman–Crippen MR) is 65.8 cm³/mol. The van der Waals surface area contributed by atoms with Crippen LogP contribution in [0.15, 0.2) is 6.07 Å². The van der Waals surface area contributed by atoms with Crippen LogP contribution in [0.5, 0.6) is 0 Å². The molecule has 0 amide bonds. The first-order valence-electron chi connectivity index (χ1n) is 5.86. The second-order valence-electron chi connectivity index (χ2n) is 4.83. The molecule has 17 heavy (non-hydrogen) atoms. The molecule has 1 aromatic rings. The first kappa shape index (κ1) is 13.7. The van der Waals surface area contributed by atoms with Crippen molar-refractivity contribution in [2.75, 3.05) is 0 Å². The lowest BCUT2D eigenvalue weighted by molar-refractivity contribution is -0.142. The van der Waals surface area contributed by atoms with Gasteiger partial charge in [0, 0.05) is 12.2 Å².